The SMILES string of the molecule is N#CCC=Cc1cc(Cl)c(Cl)c(Cl)c1. The Morgan fingerprint density at radius 3 is 2.29 bits per heavy atom. The second-order valence-electron chi connectivity index (χ2n) is 2.56. The lowest BCUT2D eigenvalue weighted by Crippen LogP contribution is -1.76. The molecule has 0 aromatic heterocycles. The number of nitriles is 1. The number of halogens is 3. The Bertz CT molecular complexity index is 381. The molecular formula is C10H6Cl3N. The Balaban J connectivity index is 2.96. The second-order valence-corrected chi connectivity index (χ2v) is 3.76. The van der Waals surface area contributed by atoms with Crippen LogP contribution in [0.25, 0.3) is 6.08 Å². The lowest BCUT2D eigenvalue weighted by atomic mass is 10.2. The van der Waals surface area contributed by atoms with Gasteiger partial charge in [0.05, 0.1) is 27.6 Å². The first-order valence-corrected chi connectivity index (χ1v) is 4.96. The van der Waals surface area contributed by atoms with Crippen LogP contribution in [0.3, 0.4) is 0 Å². The topological polar surface area (TPSA) is 23.8 Å². The fraction of sp³-hybridized carbons (Fsp3) is 0.100. The minimum absolute atomic E-state index is 0.353. The molecule has 14 heavy (non-hydrogen) atoms. The van der Waals surface area contributed by atoms with Crippen molar-refractivity contribution in [3.05, 3.63) is 38.8 Å². The van der Waals surface area contributed by atoms with E-state index in [4.69, 9.17) is 40.1 Å². The number of benzene rings is 1. The summed E-state index contributed by atoms with van der Waals surface area (Å²) >= 11 is 17.4. The summed E-state index contributed by atoms with van der Waals surface area (Å²) in [5.74, 6) is 0. The average molecular weight is 247 g/mol. The Labute approximate surface area is 97.5 Å². The van der Waals surface area contributed by atoms with Crippen LogP contribution in [0.5, 0.6) is 0 Å². The summed E-state index contributed by atoms with van der Waals surface area (Å²) in [7, 11) is 0. The quantitative estimate of drug-likeness (QED) is 0.701. The number of rotatable bonds is 2. The molecule has 0 heterocycles. The van der Waals surface area contributed by atoms with Crippen LogP contribution in [0.15, 0.2) is 18.2 Å². The van der Waals surface area contributed by atoms with E-state index >= 15 is 0 Å². The highest BCUT2D eigenvalue weighted by Crippen LogP contribution is 2.31. The molecule has 1 aromatic rings. The normalized spacial score (nSPS) is 10.4. The van der Waals surface area contributed by atoms with Crippen LogP contribution in [0, 0.1) is 11.3 Å². The maximum absolute atomic E-state index is 8.32. The van der Waals surface area contributed by atoms with E-state index in [0.717, 1.165) is 5.56 Å². The maximum Gasteiger partial charge on any atom is 0.0778 e. The van der Waals surface area contributed by atoms with E-state index in [1.165, 1.54) is 0 Å². The molecule has 0 unspecified atom stereocenters. The van der Waals surface area contributed by atoms with Gasteiger partial charge in [0.25, 0.3) is 0 Å². The van der Waals surface area contributed by atoms with E-state index in [-0.39, 0.29) is 0 Å². The Kier molecular flexibility index (Phi) is 4.28. The van der Waals surface area contributed by atoms with Gasteiger partial charge in [0.2, 0.25) is 0 Å². The minimum Gasteiger partial charge on any atom is -0.198 e. The summed E-state index contributed by atoms with van der Waals surface area (Å²) in [6, 6.07) is 5.40. The zero-order valence-corrected chi connectivity index (χ0v) is 9.37. The highest BCUT2D eigenvalue weighted by Gasteiger charge is 2.03. The van der Waals surface area contributed by atoms with Gasteiger partial charge in [0, 0.05) is 0 Å². The first-order valence-electron chi connectivity index (χ1n) is 3.83. The number of allylic oxidation sites excluding steroid dienone is 1. The minimum atomic E-state index is 0.353. The third-order valence-corrected chi connectivity index (χ3v) is 2.72. The maximum atomic E-state index is 8.32. The molecule has 0 saturated carbocycles. The van der Waals surface area contributed by atoms with Crippen molar-refractivity contribution in [2.75, 3.05) is 0 Å². The molecule has 1 nitrogen and oxygen atoms in total. The molecule has 1 aromatic carbocycles. The molecule has 0 fully saturated rings. The van der Waals surface area contributed by atoms with E-state index in [0.29, 0.717) is 21.5 Å². The second kappa shape index (κ2) is 5.26. The van der Waals surface area contributed by atoms with Gasteiger partial charge < -0.3 is 0 Å². The lowest BCUT2D eigenvalue weighted by molar-refractivity contribution is 1.36. The van der Waals surface area contributed by atoms with Gasteiger partial charge in [-0.15, -0.1) is 0 Å². The fourth-order valence-corrected chi connectivity index (χ4v) is 1.53. The molecule has 0 aliphatic heterocycles. The zero-order valence-electron chi connectivity index (χ0n) is 7.10. The third-order valence-electron chi connectivity index (χ3n) is 1.53. The smallest absolute Gasteiger partial charge is 0.0778 e. The number of hydrogen-bond donors (Lipinski definition) is 0. The number of hydrogen-bond acceptors (Lipinski definition) is 1. The number of nitrogens with zero attached hydrogens (tertiary/aromatic N) is 1. The first-order chi connectivity index (χ1) is 6.65. The summed E-state index contributed by atoms with van der Waals surface area (Å²) < 4.78 is 0. The van der Waals surface area contributed by atoms with Crippen LogP contribution < -0.4 is 0 Å². The summed E-state index contributed by atoms with van der Waals surface area (Å²) in [4.78, 5) is 0. The molecule has 72 valence electrons. The van der Waals surface area contributed by atoms with Gasteiger partial charge >= 0.3 is 0 Å². The average Bonchev–Trinajstić information content (AvgIpc) is 2.14. The van der Waals surface area contributed by atoms with Crippen LogP contribution in [-0.2, 0) is 0 Å². The van der Waals surface area contributed by atoms with Crippen molar-refractivity contribution in [1.82, 2.24) is 0 Å². The lowest BCUT2D eigenvalue weighted by Gasteiger charge is -2.00. The van der Waals surface area contributed by atoms with Crippen molar-refractivity contribution in [2.45, 2.75) is 6.42 Å². The van der Waals surface area contributed by atoms with E-state index < -0.39 is 0 Å². The molecule has 0 atom stereocenters. The third kappa shape index (κ3) is 2.92. The Hall–Kier alpha value is -0.680. The monoisotopic (exact) mass is 245 g/mol. The van der Waals surface area contributed by atoms with Gasteiger partial charge in [-0.05, 0) is 17.7 Å². The first kappa shape index (κ1) is 11.4. The van der Waals surface area contributed by atoms with Gasteiger partial charge in [-0.1, -0.05) is 47.0 Å². The molecule has 1 rings (SSSR count). The van der Waals surface area contributed by atoms with Crippen molar-refractivity contribution in [2.24, 2.45) is 0 Å². The fourth-order valence-electron chi connectivity index (χ4n) is 0.919. The summed E-state index contributed by atoms with van der Waals surface area (Å²) in [5.41, 5.74) is 0.833. The van der Waals surface area contributed by atoms with Gasteiger partial charge in [-0.2, -0.15) is 5.26 Å². The van der Waals surface area contributed by atoms with E-state index in [2.05, 4.69) is 0 Å². The molecule has 0 amide bonds. The Morgan fingerprint density at radius 1 is 1.21 bits per heavy atom. The molecule has 0 radical (unpaired) electrons. The van der Waals surface area contributed by atoms with Crippen LogP contribution in [0.4, 0.5) is 0 Å². The zero-order chi connectivity index (χ0) is 10.6. The Morgan fingerprint density at radius 2 is 1.79 bits per heavy atom. The van der Waals surface area contributed by atoms with Crippen LogP contribution in [-0.4, -0.2) is 0 Å². The van der Waals surface area contributed by atoms with Crippen LogP contribution in [0.2, 0.25) is 15.1 Å². The van der Waals surface area contributed by atoms with E-state index in [1.54, 1.807) is 24.3 Å². The molecular weight excluding hydrogens is 240 g/mol. The van der Waals surface area contributed by atoms with E-state index in [1.807, 2.05) is 6.07 Å². The largest absolute Gasteiger partial charge is 0.198 e. The predicted molar refractivity (Wildman–Crippen MR) is 60.7 cm³/mol. The molecule has 4 heteroatoms. The van der Waals surface area contributed by atoms with Gasteiger partial charge in [-0.25, -0.2) is 0 Å². The van der Waals surface area contributed by atoms with Crippen LogP contribution in [0.1, 0.15) is 12.0 Å². The van der Waals surface area contributed by atoms with Crippen molar-refractivity contribution >= 4 is 40.9 Å². The van der Waals surface area contributed by atoms with Gasteiger partial charge in [-0.3, -0.25) is 0 Å². The highest BCUT2D eigenvalue weighted by molar-refractivity contribution is 6.48. The predicted octanol–water partition coefficient (Wildman–Crippen LogP) is 4.57. The molecule has 0 spiro atoms. The molecule has 0 N–H and O–H groups in total. The molecule has 0 bridgehead atoms. The molecule has 0 saturated heterocycles. The summed E-state index contributed by atoms with van der Waals surface area (Å²) in [6.45, 7) is 0. The summed E-state index contributed by atoms with van der Waals surface area (Å²) in [6.07, 6.45) is 3.87. The molecule has 0 aliphatic rings. The van der Waals surface area contributed by atoms with E-state index in [9.17, 15) is 0 Å². The summed E-state index contributed by atoms with van der Waals surface area (Å²) in [5, 5.41) is 9.50. The van der Waals surface area contributed by atoms with Gasteiger partial charge in [0.1, 0.15) is 0 Å². The highest BCUT2D eigenvalue weighted by atomic mass is 35.5. The van der Waals surface area contributed by atoms with Crippen molar-refractivity contribution in [3.8, 4) is 6.07 Å². The molecule has 0 aliphatic carbocycles. The standard InChI is InChI=1S/C10H6Cl3N/c11-8-5-7(3-1-2-4-14)6-9(12)10(8)13/h1,3,5-6H,2H2. The van der Waals surface area contributed by atoms with Crippen molar-refractivity contribution in [1.29, 1.82) is 5.26 Å². The van der Waals surface area contributed by atoms with Gasteiger partial charge in [0.15, 0.2) is 0 Å². The van der Waals surface area contributed by atoms with Crippen molar-refractivity contribution < 1.29 is 0 Å². The van der Waals surface area contributed by atoms with Crippen LogP contribution >= 0.6 is 34.8 Å². The van der Waals surface area contributed by atoms with Crippen molar-refractivity contribution in [3.63, 3.8) is 0 Å².